The Labute approximate surface area is 115 Å². The van der Waals surface area contributed by atoms with Gasteiger partial charge in [0.05, 0.1) is 5.75 Å². The van der Waals surface area contributed by atoms with Crippen molar-refractivity contribution in [2.45, 2.75) is 37.9 Å². The lowest BCUT2D eigenvalue weighted by molar-refractivity contribution is 0.380. The molecule has 102 valence electrons. The molecule has 0 saturated heterocycles. The minimum absolute atomic E-state index is 0.0196. The van der Waals surface area contributed by atoms with E-state index in [9.17, 15) is 8.42 Å². The summed E-state index contributed by atoms with van der Waals surface area (Å²) in [5.41, 5.74) is 1.72. The molecule has 0 amide bonds. The molecule has 0 fully saturated rings. The summed E-state index contributed by atoms with van der Waals surface area (Å²) in [5, 5.41) is 0. The molecule has 5 heteroatoms. The third kappa shape index (κ3) is 3.97. The predicted molar refractivity (Wildman–Crippen MR) is 76.1 cm³/mol. The highest BCUT2D eigenvalue weighted by molar-refractivity contribution is 7.88. The summed E-state index contributed by atoms with van der Waals surface area (Å²) in [6.45, 7) is 3.89. The second-order valence-electron chi connectivity index (χ2n) is 4.48. The Kier molecular flexibility index (Phi) is 5.63. The van der Waals surface area contributed by atoms with E-state index in [-0.39, 0.29) is 11.8 Å². The number of halogens is 1. The Hall–Kier alpha value is -0.580. The lowest BCUT2D eigenvalue weighted by Crippen LogP contribution is -2.35. The largest absolute Gasteiger partial charge is 0.218 e. The van der Waals surface area contributed by atoms with Crippen LogP contribution in [0.2, 0.25) is 0 Å². The first kappa shape index (κ1) is 15.5. The van der Waals surface area contributed by atoms with E-state index in [4.69, 9.17) is 11.6 Å². The van der Waals surface area contributed by atoms with Crippen molar-refractivity contribution >= 4 is 21.6 Å². The van der Waals surface area contributed by atoms with E-state index in [0.29, 0.717) is 5.88 Å². The van der Waals surface area contributed by atoms with Gasteiger partial charge in [-0.15, -0.1) is 11.6 Å². The van der Waals surface area contributed by atoms with Crippen molar-refractivity contribution in [3.8, 4) is 0 Å². The van der Waals surface area contributed by atoms with Crippen molar-refractivity contribution in [3.05, 3.63) is 35.4 Å². The van der Waals surface area contributed by atoms with Gasteiger partial charge in [-0.05, 0) is 24.5 Å². The summed E-state index contributed by atoms with van der Waals surface area (Å²) >= 11 is 5.75. The van der Waals surface area contributed by atoms with Crippen LogP contribution in [0, 0.1) is 0 Å². The smallest absolute Gasteiger partial charge is 0.212 e. The Morgan fingerprint density at radius 1 is 1.33 bits per heavy atom. The van der Waals surface area contributed by atoms with Crippen LogP contribution in [0.4, 0.5) is 0 Å². The van der Waals surface area contributed by atoms with E-state index >= 15 is 0 Å². The van der Waals surface area contributed by atoms with Gasteiger partial charge in [0.2, 0.25) is 10.0 Å². The predicted octanol–water partition coefficient (Wildman–Crippen LogP) is 2.99. The molecule has 0 heterocycles. The van der Waals surface area contributed by atoms with Gasteiger partial charge in [-0.3, -0.25) is 0 Å². The molecule has 0 N–H and O–H groups in total. The third-order valence-corrected chi connectivity index (χ3v) is 5.39. The quantitative estimate of drug-likeness (QED) is 0.755. The molecular weight excluding hydrogens is 270 g/mol. The van der Waals surface area contributed by atoms with E-state index in [0.717, 1.165) is 17.5 Å². The SMILES string of the molecule is CCC(C)N(C)S(=O)(=O)Cc1cccc(CCl)c1. The lowest BCUT2D eigenvalue weighted by atomic mass is 10.2. The van der Waals surface area contributed by atoms with Crippen molar-refractivity contribution in [2.24, 2.45) is 0 Å². The monoisotopic (exact) mass is 289 g/mol. The van der Waals surface area contributed by atoms with Gasteiger partial charge in [-0.2, -0.15) is 0 Å². The Morgan fingerprint density at radius 2 is 1.94 bits per heavy atom. The average Bonchev–Trinajstić information content (AvgIpc) is 2.36. The van der Waals surface area contributed by atoms with Crippen molar-refractivity contribution in [3.63, 3.8) is 0 Å². The van der Waals surface area contributed by atoms with Crippen LogP contribution in [-0.4, -0.2) is 25.8 Å². The van der Waals surface area contributed by atoms with Crippen molar-refractivity contribution < 1.29 is 8.42 Å². The normalized spacial score (nSPS) is 13.8. The first-order valence-electron chi connectivity index (χ1n) is 6.00. The minimum atomic E-state index is -3.26. The van der Waals surface area contributed by atoms with Gasteiger partial charge >= 0.3 is 0 Å². The second kappa shape index (κ2) is 6.55. The molecule has 0 bridgehead atoms. The van der Waals surface area contributed by atoms with Crippen LogP contribution in [0.1, 0.15) is 31.4 Å². The molecule has 3 nitrogen and oxygen atoms in total. The van der Waals surface area contributed by atoms with Crippen LogP contribution in [0.3, 0.4) is 0 Å². The molecule has 1 atom stereocenters. The van der Waals surface area contributed by atoms with Crippen LogP contribution < -0.4 is 0 Å². The topological polar surface area (TPSA) is 37.4 Å². The summed E-state index contributed by atoms with van der Waals surface area (Å²) in [6.07, 6.45) is 0.803. The van der Waals surface area contributed by atoms with Crippen LogP contribution in [-0.2, 0) is 21.7 Å². The number of sulfonamides is 1. The molecule has 0 aliphatic carbocycles. The Bertz CT molecular complexity index is 488. The summed E-state index contributed by atoms with van der Waals surface area (Å²) in [5.74, 6) is 0.424. The van der Waals surface area contributed by atoms with Gasteiger partial charge in [0, 0.05) is 19.0 Å². The van der Waals surface area contributed by atoms with E-state index < -0.39 is 10.0 Å². The fraction of sp³-hybridized carbons (Fsp3) is 0.538. The van der Waals surface area contributed by atoms with Crippen LogP contribution >= 0.6 is 11.6 Å². The van der Waals surface area contributed by atoms with Crippen LogP contribution in [0.25, 0.3) is 0 Å². The zero-order valence-electron chi connectivity index (χ0n) is 11.1. The molecule has 0 aliphatic rings. The van der Waals surface area contributed by atoms with E-state index in [2.05, 4.69) is 0 Å². The maximum Gasteiger partial charge on any atom is 0.218 e. The number of hydrogen-bond donors (Lipinski definition) is 0. The van der Waals surface area contributed by atoms with Crippen LogP contribution in [0.5, 0.6) is 0 Å². The third-order valence-electron chi connectivity index (χ3n) is 3.15. The summed E-state index contributed by atoms with van der Waals surface area (Å²) < 4.78 is 25.8. The van der Waals surface area contributed by atoms with Gasteiger partial charge in [-0.25, -0.2) is 12.7 Å². The van der Waals surface area contributed by atoms with Gasteiger partial charge < -0.3 is 0 Å². The molecule has 1 rings (SSSR count). The highest BCUT2D eigenvalue weighted by atomic mass is 35.5. The molecule has 1 aromatic rings. The molecule has 1 aromatic carbocycles. The average molecular weight is 290 g/mol. The number of benzene rings is 1. The van der Waals surface area contributed by atoms with Crippen molar-refractivity contribution in [1.29, 1.82) is 0 Å². The first-order chi connectivity index (χ1) is 8.40. The van der Waals surface area contributed by atoms with Gasteiger partial charge in [0.15, 0.2) is 0 Å². The van der Waals surface area contributed by atoms with E-state index in [1.807, 2.05) is 38.1 Å². The fourth-order valence-electron chi connectivity index (χ4n) is 1.65. The lowest BCUT2D eigenvalue weighted by Gasteiger charge is -2.23. The molecule has 0 aliphatic heterocycles. The highest BCUT2D eigenvalue weighted by Crippen LogP contribution is 2.15. The minimum Gasteiger partial charge on any atom is -0.212 e. The van der Waals surface area contributed by atoms with Crippen molar-refractivity contribution in [2.75, 3.05) is 7.05 Å². The number of alkyl halides is 1. The molecule has 1 unspecified atom stereocenters. The molecule has 0 saturated carbocycles. The number of nitrogens with zero attached hydrogens (tertiary/aromatic N) is 1. The summed E-state index contributed by atoms with van der Waals surface area (Å²) in [6, 6.07) is 7.41. The van der Waals surface area contributed by atoms with E-state index in [1.165, 1.54) is 4.31 Å². The molecule has 0 spiro atoms. The van der Waals surface area contributed by atoms with Gasteiger partial charge in [0.1, 0.15) is 0 Å². The standard InChI is InChI=1S/C13H20ClNO2S/c1-4-11(2)15(3)18(16,17)10-13-7-5-6-12(8-13)9-14/h5-8,11H,4,9-10H2,1-3H3. The fourth-order valence-corrected chi connectivity index (χ4v) is 3.31. The van der Waals surface area contributed by atoms with E-state index in [1.54, 1.807) is 7.05 Å². The zero-order chi connectivity index (χ0) is 13.8. The zero-order valence-corrected chi connectivity index (χ0v) is 12.6. The number of hydrogen-bond acceptors (Lipinski definition) is 2. The maximum atomic E-state index is 12.2. The van der Waals surface area contributed by atoms with Gasteiger partial charge in [0.25, 0.3) is 0 Å². The first-order valence-corrected chi connectivity index (χ1v) is 8.14. The maximum absolute atomic E-state index is 12.2. The molecule has 0 aromatic heterocycles. The van der Waals surface area contributed by atoms with Gasteiger partial charge in [-0.1, -0.05) is 31.2 Å². The molecule has 18 heavy (non-hydrogen) atoms. The summed E-state index contributed by atoms with van der Waals surface area (Å²) in [4.78, 5) is 0. The Balaban J connectivity index is 2.88. The van der Waals surface area contributed by atoms with Crippen molar-refractivity contribution in [1.82, 2.24) is 4.31 Å². The second-order valence-corrected chi connectivity index (χ2v) is 6.78. The number of rotatable bonds is 6. The summed E-state index contributed by atoms with van der Waals surface area (Å²) in [7, 11) is -1.63. The highest BCUT2D eigenvalue weighted by Gasteiger charge is 2.22. The van der Waals surface area contributed by atoms with Crippen LogP contribution in [0.15, 0.2) is 24.3 Å². The molecule has 0 radical (unpaired) electrons. The Morgan fingerprint density at radius 3 is 2.50 bits per heavy atom. The molecular formula is C13H20ClNO2S.